The number of halogens is 1. The molecule has 0 radical (unpaired) electrons. The molecule has 0 atom stereocenters. The summed E-state index contributed by atoms with van der Waals surface area (Å²) in [6, 6.07) is 12.4. The maximum atomic E-state index is 8.83. The van der Waals surface area contributed by atoms with Gasteiger partial charge in [-0.15, -0.1) is 0 Å². The Morgan fingerprint density at radius 3 is 2.38 bits per heavy atom. The summed E-state index contributed by atoms with van der Waals surface area (Å²) in [4.78, 5) is 5.54. The van der Waals surface area contributed by atoms with Crippen molar-refractivity contribution in [2.45, 2.75) is 6.92 Å². The van der Waals surface area contributed by atoms with Gasteiger partial charge < -0.3 is 0 Å². The molecular weight excluding hydrogens is 316 g/mol. The van der Waals surface area contributed by atoms with Crippen molar-refractivity contribution in [2.24, 2.45) is 0 Å². The SMILES string of the molecule is Cc1cc[n+]2c(-c3ccccc3)csc2n1.[O-][Cl+](O)(O)O. The van der Waals surface area contributed by atoms with Gasteiger partial charge >= 0.3 is 33.8 Å². The van der Waals surface area contributed by atoms with Crippen LogP contribution in [0.25, 0.3) is 16.2 Å². The van der Waals surface area contributed by atoms with Gasteiger partial charge in [0.25, 0.3) is 0 Å². The monoisotopic (exact) mass is 329 g/mol. The van der Waals surface area contributed by atoms with Gasteiger partial charge in [-0.3, -0.25) is 0 Å². The Balaban J connectivity index is 0.000000282. The van der Waals surface area contributed by atoms with Crippen LogP contribution in [0.3, 0.4) is 0 Å². The fraction of sp³-hybridized carbons (Fsp3) is 0.0769. The molecule has 2 aromatic heterocycles. The number of aromatic nitrogens is 2. The van der Waals surface area contributed by atoms with E-state index < -0.39 is 10.2 Å². The molecule has 0 aliphatic carbocycles. The number of hydrogen-bond acceptors (Lipinski definition) is 6. The molecule has 6 nitrogen and oxygen atoms in total. The first-order chi connectivity index (χ1) is 9.84. The number of hydrogen-bond donors (Lipinski definition) is 3. The average Bonchev–Trinajstić information content (AvgIpc) is 2.80. The van der Waals surface area contributed by atoms with Crippen LogP contribution in [0.4, 0.5) is 0 Å². The Labute approximate surface area is 126 Å². The van der Waals surface area contributed by atoms with Crippen molar-refractivity contribution in [1.29, 1.82) is 0 Å². The van der Waals surface area contributed by atoms with Crippen molar-refractivity contribution in [3.8, 4) is 11.3 Å². The third-order valence-electron chi connectivity index (χ3n) is 2.55. The normalized spacial score (nSPS) is 11.9. The molecule has 3 aromatic rings. The molecule has 0 unspecified atom stereocenters. The second kappa shape index (κ2) is 6.44. The first-order valence-electron chi connectivity index (χ1n) is 5.83. The van der Waals surface area contributed by atoms with Crippen LogP contribution in [-0.4, -0.2) is 19.0 Å². The maximum absolute atomic E-state index is 8.83. The van der Waals surface area contributed by atoms with Gasteiger partial charge in [-0.25, -0.2) is 0 Å². The Morgan fingerprint density at radius 2 is 1.76 bits per heavy atom. The molecule has 0 fully saturated rings. The Hall–Kier alpha value is -1.61. The van der Waals surface area contributed by atoms with Crippen molar-refractivity contribution >= 4 is 16.3 Å². The van der Waals surface area contributed by atoms with Gasteiger partial charge in [0.2, 0.25) is 0 Å². The molecule has 2 heterocycles. The molecule has 0 amide bonds. The van der Waals surface area contributed by atoms with Gasteiger partial charge in [0, 0.05) is 23.9 Å². The fourth-order valence-electron chi connectivity index (χ4n) is 1.74. The third-order valence-corrected chi connectivity index (χ3v) is 3.39. The van der Waals surface area contributed by atoms with Crippen LogP contribution in [0.5, 0.6) is 0 Å². The summed E-state index contributed by atoms with van der Waals surface area (Å²) >= 11 is 1.67. The third kappa shape index (κ3) is 4.71. The molecule has 21 heavy (non-hydrogen) atoms. The van der Waals surface area contributed by atoms with E-state index >= 15 is 0 Å². The first kappa shape index (κ1) is 15.8. The minimum absolute atomic E-state index is 1.04. The summed E-state index contributed by atoms with van der Waals surface area (Å²) in [6.45, 7) is 2.02. The van der Waals surface area contributed by atoms with E-state index in [-0.39, 0.29) is 0 Å². The van der Waals surface area contributed by atoms with Crippen molar-refractivity contribution in [3.63, 3.8) is 0 Å². The molecule has 0 aliphatic heterocycles. The van der Waals surface area contributed by atoms with Crippen LogP contribution in [0.1, 0.15) is 5.69 Å². The second-order valence-corrected chi connectivity index (χ2v) is 5.85. The Morgan fingerprint density at radius 1 is 1.14 bits per heavy atom. The molecule has 0 aliphatic rings. The van der Waals surface area contributed by atoms with E-state index in [1.807, 2.05) is 19.1 Å². The van der Waals surface area contributed by atoms with Crippen LogP contribution in [0.15, 0.2) is 48.0 Å². The number of aryl methyl sites for hydroxylation is 1. The summed E-state index contributed by atoms with van der Waals surface area (Å²) in [6.07, 6.45) is 2.08. The van der Waals surface area contributed by atoms with Gasteiger partial charge in [-0.2, -0.15) is 4.40 Å². The number of rotatable bonds is 1. The van der Waals surface area contributed by atoms with Crippen molar-refractivity contribution in [2.75, 3.05) is 0 Å². The number of fused-ring (bicyclic) bond motifs is 1. The minimum atomic E-state index is -4.19. The van der Waals surface area contributed by atoms with Crippen molar-refractivity contribution in [3.05, 3.63) is 53.7 Å². The number of nitrogens with zero attached hydrogens (tertiary/aromatic N) is 2. The van der Waals surface area contributed by atoms with Crippen LogP contribution in [0.2, 0.25) is 0 Å². The van der Waals surface area contributed by atoms with Crippen LogP contribution in [0, 0.1) is 17.2 Å². The van der Waals surface area contributed by atoms with E-state index in [2.05, 4.69) is 45.2 Å². The summed E-state index contributed by atoms with van der Waals surface area (Å²) in [7, 11) is -4.19. The zero-order valence-electron chi connectivity index (χ0n) is 11.0. The molecule has 3 N–H and O–H groups in total. The summed E-state index contributed by atoms with van der Waals surface area (Å²) in [5.74, 6) is 0. The number of thiazole rings is 1. The zero-order chi connectivity index (χ0) is 15.5. The van der Waals surface area contributed by atoms with Gasteiger partial charge in [0.15, 0.2) is 11.4 Å². The zero-order valence-corrected chi connectivity index (χ0v) is 12.6. The van der Waals surface area contributed by atoms with Gasteiger partial charge in [-0.05, 0) is 16.3 Å². The first-order valence-corrected chi connectivity index (χ1v) is 8.03. The molecular formula is C13H14ClN2O4S+. The number of benzene rings is 1. The van der Waals surface area contributed by atoms with E-state index in [0.29, 0.717) is 0 Å². The summed E-state index contributed by atoms with van der Waals surface area (Å²) in [5.41, 5.74) is 3.49. The predicted molar refractivity (Wildman–Crippen MR) is 72.1 cm³/mol. The molecule has 0 saturated carbocycles. The molecule has 0 bridgehead atoms. The second-order valence-electron chi connectivity index (χ2n) is 4.14. The molecule has 3 rings (SSSR count). The van der Waals surface area contributed by atoms with E-state index in [1.165, 1.54) is 11.3 Å². The molecule has 112 valence electrons. The molecule has 0 saturated heterocycles. The van der Waals surface area contributed by atoms with Gasteiger partial charge in [-0.1, -0.05) is 30.3 Å². The van der Waals surface area contributed by atoms with Gasteiger partial charge in [0.1, 0.15) is 6.20 Å². The molecule has 8 heteroatoms. The van der Waals surface area contributed by atoms with Crippen molar-refractivity contribution < 1.29 is 33.3 Å². The van der Waals surface area contributed by atoms with Crippen LogP contribution >= 0.6 is 11.3 Å². The standard InChI is InChI=1S/C13H11N2S.ClH3O4/c1-10-7-8-15-12(9-16-13(15)14-10)11-5-3-2-4-6-11;2-1(3,4)5/h2-9H,1H3;2-4H/q+1;. The van der Waals surface area contributed by atoms with Crippen LogP contribution in [-0.2, 0) is 0 Å². The van der Waals surface area contributed by atoms with E-state index in [1.54, 1.807) is 11.3 Å². The Bertz CT molecular complexity index is 722. The topological polar surface area (TPSA) is 101 Å². The molecule has 1 aromatic carbocycles. The molecule has 0 spiro atoms. The quantitative estimate of drug-likeness (QED) is 0.545. The van der Waals surface area contributed by atoms with E-state index in [4.69, 9.17) is 18.6 Å². The van der Waals surface area contributed by atoms with Gasteiger partial charge in [0.05, 0.1) is 0 Å². The fourth-order valence-corrected chi connectivity index (χ4v) is 2.67. The average molecular weight is 330 g/mol. The summed E-state index contributed by atoms with van der Waals surface area (Å²) < 4.78 is 32.4. The Kier molecular flexibility index (Phi) is 4.84. The van der Waals surface area contributed by atoms with E-state index in [9.17, 15) is 0 Å². The van der Waals surface area contributed by atoms with E-state index in [0.717, 1.165) is 10.7 Å². The summed E-state index contributed by atoms with van der Waals surface area (Å²) in [5, 5.41) is 2.15. The predicted octanol–water partition coefficient (Wildman–Crippen LogP) is -0.00278. The van der Waals surface area contributed by atoms with Crippen LogP contribution < -0.4 is 9.06 Å². The van der Waals surface area contributed by atoms with Crippen molar-refractivity contribution in [1.82, 2.24) is 4.98 Å².